The lowest BCUT2D eigenvalue weighted by Gasteiger charge is -2.11. The number of aryl methyl sites for hydroxylation is 1. The van der Waals surface area contributed by atoms with Crippen molar-refractivity contribution in [2.45, 2.75) is 26.4 Å². The van der Waals surface area contributed by atoms with Gasteiger partial charge in [0.15, 0.2) is 5.78 Å². The Balaban J connectivity index is 1.91. The summed E-state index contributed by atoms with van der Waals surface area (Å²) in [6.45, 7) is -1.08. The minimum absolute atomic E-state index is 0.0290. The van der Waals surface area contributed by atoms with Crippen molar-refractivity contribution in [3.8, 4) is 5.75 Å². The van der Waals surface area contributed by atoms with Gasteiger partial charge >= 0.3 is 6.61 Å². The van der Waals surface area contributed by atoms with Crippen LogP contribution in [0.3, 0.4) is 0 Å². The van der Waals surface area contributed by atoms with Crippen LogP contribution in [0.1, 0.15) is 27.4 Å². The number of amides is 1. The van der Waals surface area contributed by atoms with E-state index in [1.54, 1.807) is 12.1 Å². The number of Topliss-reactive ketones (excluding diaryl/α,β-unsaturated/α-hetero) is 1. The van der Waals surface area contributed by atoms with E-state index in [1.165, 1.54) is 29.5 Å². The number of nitrogens with one attached hydrogen (secondary N) is 1. The van der Waals surface area contributed by atoms with Crippen molar-refractivity contribution in [2.75, 3.05) is 5.32 Å². The van der Waals surface area contributed by atoms with Crippen LogP contribution in [0.2, 0.25) is 0 Å². The smallest absolute Gasteiger partial charge is 0.387 e. The highest BCUT2D eigenvalue weighted by Gasteiger charge is 2.14. The van der Waals surface area contributed by atoms with Crippen LogP contribution in [0.15, 0.2) is 36.4 Å². The van der Waals surface area contributed by atoms with E-state index in [0.29, 0.717) is 4.88 Å². The van der Waals surface area contributed by atoms with Crippen LogP contribution in [-0.2, 0) is 4.79 Å². The van der Waals surface area contributed by atoms with E-state index in [9.17, 15) is 18.4 Å². The Morgan fingerprint density at radius 2 is 1.91 bits per heavy atom. The van der Waals surface area contributed by atoms with E-state index in [4.69, 9.17) is 0 Å². The van der Waals surface area contributed by atoms with Crippen LogP contribution in [0.25, 0.3) is 0 Å². The number of halogens is 2. The summed E-state index contributed by atoms with van der Waals surface area (Å²) >= 11 is 1.38. The molecule has 1 aromatic heterocycles. The molecule has 0 fully saturated rings. The third kappa shape index (κ3) is 5.14. The topological polar surface area (TPSA) is 55.4 Å². The molecule has 0 aliphatic heterocycles. The van der Waals surface area contributed by atoms with Gasteiger partial charge in [0.1, 0.15) is 5.75 Å². The third-order valence-corrected chi connectivity index (χ3v) is 4.01. The average Bonchev–Trinajstić information content (AvgIpc) is 2.93. The van der Waals surface area contributed by atoms with E-state index in [1.807, 2.05) is 13.0 Å². The van der Waals surface area contributed by atoms with Gasteiger partial charge in [-0.1, -0.05) is 12.1 Å². The summed E-state index contributed by atoms with van der Waals surface area (Å²) in [5, 5.41) is 2.48. The van der Waals surface area contributed by atoms with Crippen LogP contribution in [-0.4, -0.2) is 18.3 Å². The Bertz CT molecular complexity index is 700. The number of ether oxygens (including phenoxy) is 1. The van der Waals surface area contributed by atoms with Crippen molar-refractivity contribution in [1.82, 2.24) is 0 Å². The van der Waals surface area contributed by atoms with Gasteiger partial charge in [0, 0.05) is 17.7 Å². The molecule has 0 spiro atoms. The van der Waals surface area contributed by atoms with Crippen molar-refractivity contribution in [3.05, 3.63) is 46.2 Å². The van der Waals surface area contributed by atoms with Crippen LogP contribution in [0, 0.1) is 6.92 Å². The highest BCUT2D eigenvalue weighted by Crippen LogP contribution is 2.25. The summed E-state index contributed by atoms with van der Waals surface area (Å²) in [6.07, 6.45) is 0.0302. The van der Waals surface area contributed by atoms with Crippen molar-refractivity contribution >= 4 is 28.7 Å². The fourth-order valence-corrected chi connectivity index (χ4v) is 2.75. The monoisotopic (exact) mass is 339 g/mol. The van der Waals surface area contributed by atoms with Gasteiger partial charge in [0.2, 0.25) is 5.91 Å². The average molecular weight is 339 g/mol. The Kier molecular flexibility index (Phi) is 5.81. The van der Waals surface area contributed by atoms with Gasteiger partial charge in [-0.05, 0) is 31.2 Å². The second-order valence-corrected chi connectivity index (χ2v) is 6.04. The molecule has 1 heterocycles. The molecule has 0 atom stereocenters. The number of benzene rings is 1. The van der Waals surface area contributed by atoms with Gasteiger partial charge in [-0.25, -0.2) is 0 Å². The molecule has 0 radical (unpaired) electrons. The molecule has 1 amide bonds. The van der Waals surface area contributed by atoms with Gasteiger partial charge in [0.25, 0.3) is 0 Å². The quantitative estimate of drug-likeness (QED) is 0.767. The largest absolute Gasteiger partial charge is 0.433 e. The normalized spacial score (nSPS) is 10.6. The standard InChI is InChI=1S/C16H15F2NO3S/c1-10-6-8-14(23-10)12(20)7-9-15(21)19-11-4-2-3-5-13(11)22-16(17)18/h2-6,8,16H,7,9H2,1H3,(H,19,21). The summed E-state index contributed by atoms with van der Waals surface area (Å²) in [4.78, 5) is 25.5. The number of carbonyl (C=O) groups is 2. The van der Waals surface area contributed by atoms with Crippen molar-refractivity contribution in [3.63, 3.8) is 0 Å². The number of hydrogen-bond donors (Lipinski definition) is 1. The number of para-hydroxylation sites is 2. The Morgan fingerprint density at radius 1 is 1.17 bits per heavy atom. The molecule has 0 bridgehead atoms. The fourth-order valence-electron chi connectivity index (χ4n) is 1.92. The van der Waals surface area contributed by atoms with Crippen LogP contribution < -0.4 is 10.1 Å². The van der Waals surface area contributed by atoms with E-state index in [-0.39, 0.29) is 30.1 Å². The molecule has 0 aliphatic rings. The summed E-state index contributed by atoms with van der Waals surface area (Å²) < 4.78 is 28.9. The van der Waals surface area contributed by atoms with E-state index >= 15 is 0 Å². The Labute approximate surface area is 136 Å². The maximum absolute atomic E-state index is 12.3. The SMILES string of the molecule is Cc1ccc(C(=O)CCC(=O)Nc2ccccc2OC(F)F)s1. The minimum atomic E-state index is -2.98. The molecule has 0 aliphatic carbocycles. The first-order valence-corrected chi connectivity index (χ1v) is 7.70. The van der Waals surface area contributed by atoms with Gasteiger partial charge in [0.05, 0.1) is 10.6 Å². The molecule has 4 nitrogen and oxygen atoms in total. The highest BCUT2D eigenvalue weighted by atomic mass is 32.1. The van der Waals surface area contributed by atoms with Crippen LogP contribution in [0.4, 0.5) is 14.5 Å². The molecule has 0 saturated carbocycles. The number of thiophene rings is 1. The molecular formula is C16H15F2NO3S. The lowest BCUT2D eigenvalue weighted by molar-refractivity contribution is -0.116. The molecule has 2 rings (SSSR count). The second-order valence-electron chi connectivity index (χ2n) is 4.76. The lowest BCUT2D eigenvalue weighted by atomic mass is 10.2. The van der Waals surface area contributed by atoms with Crippen LogP contribution in [0.5, 0.6) is 5.75 Å². The summed E-state index contributed by atoms with van der Waals surface area (Å²) in [5.74, 6) is -0.664. The van der Waals surface area contributed by atoms with Crippen molar-refractivity contribution < 1.29 is 23.1 Å². The number of carbonyl (C=O) groups excluding carboxylic acids is 2. The first kappa shape index (κ1) is 17.1. The number of alkyl halides is 2. The Morgan fingerprint density at radius 3 is 2.57 bits per heavy atom. The summed E-state index contributed by atoms with van der Waals surface area (Å²) in [5.41, 5.74) is 0.150. The highest BCUT2D eigenvalue weighted by molar-refractivity contribution is 7.14. The molecule has 1 N–H and O–H groups in total. The van der Waals surface area contributed by atoms with Crippen LogP contribution >= 0.6 is 11.3 Å². The van der Waals surface area contributed by atoms with Gasteiger partial charge in [-0.2, -0.15) is 8.78 Å². The zero-order valence-corrected chi connectivity index (χ0v) is 13.2. The minimum Gasteiger partial charge on any atom is -0.433 e. The first-order valence-electron chi connectivity index (χ1n) is 6.89. The second kappa shape index (κ2) is 7.82. The molecule has 122 valence electrons. The summed E-state index contributed by atoms with van der Waals surface area (Å²) in [7, 11) is 0. The number of ketones is 1. The molecule has 0 saturated heterocycles. The van der Waals surface area contributed by atoms with Gasteiger partial charge < -0.3 is 10.1 Å². The van der Waals surface area contributed by atoms with E-state index in [2.05, 4.69) is 10.1 Å². The molecule has 7 heteroatoms. The molecule has 1 aromatic carbocycles. The summed E-state index contributed by atoms with van der Waals surface area (Å²) in [6, 6.07) is 9.48. The molecule has 2 aromatic rings. The predicted molar refractivity (Wildman–Crippen MR) is 84.3 cm³/mol. The lowest BCUT2D eigenvalue weighted by Crippen LogP contribution is -2.14. The molecule has 23 heavy (non-hydrogen) atoms. The van der Waals surface area contributed by atoms with Crippen molar-refractivity contribution in [1.29, 1.82) is 0 Å². The number of anilines is 1. The Hall–Kier alpha value is -2.28. The zero-order valence-electron chi connectivity index (χ0n) is 12.3. The molecule has 0 unspecified atom stereocenters. The van der Waals surface area contributed by atoms with Crippen molar-refractivity contribution in [2.24, 2.45) is 0 Å². The maximum Gasteiger partial charge on any atom is 0.387 e. The van der Waals surface area contributed by atoms with E-state index in [0.717, 1.165) is 4.88 Å². The first-order chi connectivity index (χ1) is 11.0. The number of rotatable bonds is 7. The van der Waals surface area contributed by atoms with Gasteiger partial charge in [-0.3, -0.25) is 9.59 Å². The van der Waals surface area contributed by atoms with E-state index < -0.39 is 12.5 Å². The number of hydrogen-bond acceptors (Lipinski definition) is 4. The zero-order chi connectivity index (χ0) is 16.8. The van der Waals surface area contributed by atoms with Gasteiger partial charge in [-0.15, -0.1) is 11.3 Å². The third-order valence-electron chi connectivity index (χ3n) is 2.97. The predicted octanol–water partition coefficient (Wildman–Crippen LogP) is 4.26. The fraction of sp³-hybridized carbons (Fsp3) is 0.250. The maximum atomic E-state index is 12.3. The molecular weight excluding hydrogens is 324 g/mol.